The molecule has 0 bridgehead atoms. The lowest BCUT2D eigenvalue weighted by Gasteiger charge is -2.19. The van der Waals surface area contributed by atoms with Crippen molar-refractivity contribution in [3.8, 4) is 0 Å². The van der Waals surface area contributed by atoms with Gasteiger partial charge < -0.3 is 14.8 Å². The van der Waals surface area contributed by atoms with Gasteiger partial charge in [0.15, 0.2) is 0 Å². The molecule has 2 atom stereocenters. The predicted molar refractivity (Wildman–Crippen MR) is 80.6 cm³/mol. The van der Waals surface area contributed by atoms with Crippen molar-refractivity contribution in [1.82, 2.24) is 5.32 Å². The Hall–Kier alpha value is -1.58. The van der Waals surface area contributed by atoms with Gasteiger partial charge in [0.2, 0.25) is 0 Å². The van der Waals surface area contributed by atoms with Crippen LogP contribution in [0.5, 0.6) is 0 Å². The Morgan fingerprint density at radius 2 is 1.95 bits per heavy atom. The summed E-state index contributed by atoms with van der Waals surface area (Å²) in [6.07, 6.45) is 3.00. The average molecular weight is 273 g/mol. The monoisotopic (exact) mass is 273 g/mol. The lowest BCUT2D eigenvalue weighted by molar-refractivity contribution is 0.143. The predicted octanol–water partition coefficient (Wildman–Crippen LogP) is 3.23. The number of hydrogen-bond donors (Lipinski definition) is 2. The van der Waals surface area contributed by atoms with Crippen LogP contribution in [0.15, 0.2) is 47.1 Å². The topological polar surface area (TPSA) is 45.4 Å². The fourth-order valence-electron chi connectivity index (χ4n) is 2.23. The first-order chi connectivity index (χ1) is 9.69. The van der Waals surface area contributed by atoms with Gasteiger partial charge in [0.05, 0.1) is 6.26 Å². The SMILES string of the molecule is CCC(Cc1ccc(C)cc1)NCC(O)c1ccco1. The first-order valence-electron chi connectivity index (χ1n) is 7.19. The van der Waals surface area contributed by atoms with Crippen LogP contribution in [-0.2, 0) is 6.42 Å². The fourth-order valence-corrected chi connectivity index (χ4v) is 2.23. The van der Waals surface area contributed by atoms with Crippen molar-refractivity contribution in [2.75, 3.05) is 6.54 Å². The molecule has 0 amide bonds. The molecule has 0 radical (unpaired) electrons. The quantitative estimate of drug-likeness (QED) is 0.814. The third-order valence-corrected chi connectivity index (χ3v) is 3.57. The highest BCUT2D eigenvalue weighted by Crippen LogP contribution is 2.13. The van der Waals surface area contributed by atoms with Crippen LogP contribution in [0, 0.1) is 6.92 Å². The summed E-state index contributed by atoms with van der Waals surface area (Å²) in [5.41, 5.74) is 2.60. The Balaban J connectivity index is 1.84. The summed E-state index contributed by atoms with van der Waals surface area (Å²) in [7, 11) is 0. The van der Waals surface area contributed by atoms with Crippen molar-refractivity contribution < 1.29 is 9.52 Å². The number of aryl methyl sites for hydroxylation is 1. The summed E-state index contributed by atoms with van der Waals surface area (Å²) in [5.74, 6) is 0.614. The maximum atomic E-state index is 10.0. The number of furan rings is 1. The van der Waals surface area contributed by atoms with Crippen LogP contribution in [0.4, 0.5) is 0 Å². The van der Waals surface area contributed by atoms with E-state index in [1.807, 2.05) is 0 Å². The van der Waals surface area contributed by atoms with Gasteiger partial charge >= 0.3 is 0 Å². The summed E-state index contributed by atoms with van der Waals surface area (Å²) < 4.78 is 5.20. The van der Waals surface area contributed by atoms with Crippen LogP contribution in [0.3, 0.4) is 0 Å². The molecule has 0 aliphatic heterocycles. The van der Waals surface area contributed by atoms with Crippen LogP contribution in [-0.4, -0.2) is 17.7 Å². The molecule has 108 valence electrons. The van der Waals surface area contributed by atoms with Gasteiger partial charge in [-0.3, -0.25) is 0 Å². The van der Waals surface area contributed by atoms with E-state index in [0.717, 1.165) is 12.8 Å². The third-order valence-electron chi connectivity index (χ3n) is 3.57. The lowest BCUT2D eigenvalue weighted by Crippen LogP contribution is -2.33. The second-order valence-electron chi connectivity index (χ2n) is 5.23. The number of aliphatic hydroxyl groups excluding tert-OH is 1. The van der Waals surface area contributed by atoms with E-state index < -0.39 is 6.10 Å². The minimum absolute atomic E-state index is 0.363. The van der Waals surface area contributed by atoms with Crippen molar-refractivity contribution in [2.45, 2.75) is 38.8 Å². The summed E-state index contributed by atoms with van der Waals surface area (Å²) in [6.45, 7) is 4.77. The molecule has 20 heavy (non-hydrogen) atoms. The second-order valence-corrected chi connectivity index (χ2v) is 5.23. The van der Waals surface area contributed by atoms with Crippen LogP contribution in [0.1, 0.15) is 36.3 Å². The highest BCUT2D eigenvalue weighted by molar-refractivity contribution is 5.22. The van der Waals surface area contributed by atoms with Gasteiger partial charge in [0.25, 0.3) is 0 Å². The highest BCUT2D eigenvalue weighted by Gasteiger charge is 2.13. The van der Waals surface area contributed by atoms with E-state index in [2.05, 4.69) is 43.4 Å². The number of hydrogen-bond acceptors (Lipinski definition) is 3. The molecule has 0 spiro atoms. The van der Waals surface area contributed by atoms with E-state index in [4.69, 9.17) is 4.42 Å². The van der Waals surface area contributed by atoms with E-state index in [0.29, 0.717) is 18.3 Å². The number of nitrogens with one attached hydrogen (secondary N) is 1. The third kappa shape index (κ3) is 4.22. The van der Waals surface area contributed by atoms with E-state index in [-0.39, 0.29) is 0 Å². The minimum Gasteiger partial charge on any atom is -0.467 e. The van der Waals surface area contributed by atoms with Crippen molar-refractivity contribution in [3.63, 3.8) is 0 Å². The number of rotatable bonds is 7. The molecular formula is C17H23NO2. The standard InChI is InChI=1S/C17H23NO2/c1-3-15(11-14-8-6-13(2)7-9-14)18-12-16(19)17-5-4-10-20-17/h4-10,15-16,18-19H,3,11-12H2,1-2H3. The molecule has 1 heterocycles. The molecule has 2 aromatic rings. The van der Waals surface area contributed by atoms with E-state index in [1.165, 1.54) is 11.1 Å². The van der Waals surface area contributed by atoms with Crippen LogP contribution in [0.2, 0.25) is 0 Å². The molecule has 3 nitrogen and oxygen atoms in total. The van der Waals surface area contributed by atoms with E-state index in [9.17, 15) is 5.11 Å². The molecule has 2 rings (SSSR count). The maximum absolute atomic E-state index is 10.0. The molecule has 1 aromatic carbocycles. The molecule has 2 N–H and O–H groups in total. The Morgan fingerprint density at radius 3 is 2.55 bits per heavy atom. The first-order valence-corrected chi connectivity index (χ1v) is 7.19. The van der Waals surface area contributed by atoms with Crippen molar-refractivity contribution >= 4 is 0 Å². The van der Waals surface area contributed by atoms with Crippen molar-refractivity contribution in [2.24, 2.45) is 0 Å². The highest BCUT2D eigenvalue weighted by atomic mass is 16.4. The summed E-state index contributed by atoms with van der Waals surface area (Å²) >= 11 is 0. The normalized spacial score (nSPS) is 14.2. The molecule has 0 saturated heterocycles. The Kier molecular flexibility index (Phi) is 5.39. The van der Waals surface area contributed by atoms with Gasteiger partial charge in [-0.15, -0.1) is 0 Å². The smallest absolute Gasteiger partial charge is 0.133 e. The maximum Gasteiger partial charge on any atom is 0.133 e. The van der Waals surface area contributed by atoms with Gasteiger partial charge in [0, 0.05) is 12.6 Å². The van der Waals surface area contributed by atoms with Crippen molar-refractivity contribution in [1.29, 1.82) is 0 Å². The Morgan fingerprint density at radius 1 is 1.20 bits per heavy atom. The van der Waals surface area contributed by atoms with Crippen LogP contribution in [0.25, 0.3) is 0 Å². The molecule has 0 aliphatic carbocycles. The molecule has 0 fully saturated rings. The molecule has 1 aromatic heterocycles. The van der Waals surface area contributed by atoms with E-state index in [1.54, 1.807) is 18.4 Å². The van der Waals surface area contributed by atoms with Gasteiger partial charge in [-0.25, -0.2) is 0 Å². The van der Waals surface area contributed by atoms with Gasteiger partial charge in [0.1, 0.15) is 11.9 Å². The summed E-state index contributed by atoms with van der Waals surface area (Å²) in [6, 6.07) is 12.6. The second kappa shape index (κ2) is 7.27. The average Bonchev–Trinajstić information content (AvgIpc) is 2.99. The molecular weight excluding hydrogens is 250 g/mol. The Labute approximate surface area is 120 Å². The zero-order chi connectivity index (χ0) is 14.4. The lowest BCUT2D eigenvalue weighted by atomic mass is 10.0. The number of benzene rings is 1. The number of aliphatic hydroxyl groups is 1. The molecule has 3 heteroatoms. The van der Waals surface area contributed by atoms with Crippen LogP contribution < -0.4 is 5.32 Å². The Bertz CT molecular complexity index is 490. The molecule has 0 saturated carbocycles. The van der Waals surface area contributed by atoms with Gasteiger partial charge in [-0.1, -0.05) is 36.8 Å². The van der Waals surface area contributed by atoms with Crippen molar-refractivity contribution in [3.05, 3.63) is 59.5 Å². The van der Waals surface area contributed by atoms with Gasteiger partial charge in [-0.05, 0) is 37.5 Å². The summed E-state index contributed by atoms with van der Waals surface area (Å²) in [4.78, 5) is 0. The van der Waals surface area contributed by atoms with Crippen LogP contribution >= 0.6 is 0 Å². The minimum atomic E-state index is -0.586. The van der Waals surface area contributed by atoms with E-state index >= 15 is 0 Å². The summed E-state index contributed by atoms with van der Waals surface area (Å²) in [5, 5.41) is 13.4. The first kappa shape index (κ1) is 14.8. The fraction of sp³-hybridized carbons (Fsp3) is 0.412. The molecule has 2 unspecified atom stereocenters. The van der Waals surface area contributed by atoms with Gasteiger partial charge in [-0.2, -0.15) is 0 Å². The zero-order valence-corrected chi connectivity index (χ0v) is 12.2. The zero-order valence-electron chi connectivity index (χ0n) is 12.2. The largest absolute Gasteiger partial charge is 0.467 e. The molecule has 0 aliphatic rings.